The summed E-state index contributed by atoms with van der Waals surface area (Å²) in [5.74, 6) is -1.05. The zero-order chi connectivity index (χ0) is 9.68. The van der Waals surface area contributed by atoms with Crippen molar-refractivity contribution in [1.82, 2.24) is 4.98 Å². The van der Waals surface area contributed by atoms with Gasteiger partial charge >= 0.3 is 5.97 Å². The van der Waals surface area contributed by atoms with Crippen molar-refractivity contribution in [3.63, 3.8) is 0 Å². The van der Waals surface area contributed by atoms with Crippen LogP contribution in [0.25, 0.3) is 0 Å². The van der Waals surface area contributed by atoms with Gasteiger partial charge in [-0.3, -0.25) is 4.79 Å². The highest BCUT2D eigenvalue weighted by Gasteiger charge is 2.08. The molecular formula is C9H10FNO2. The van der Waals surface area contributed by atoms with E-state index in [1.807, 2.05) is 0 Å². The lowest BCUT2D eigenvalue weighted by atomic mass is 10.2. The van der Waals surface area contributed by atoms with Crippen molar-refractivity contribution >= 4 is 5.97 Å². The van der Waals surface area contributed by atoms with E-state index in [0.29, 0.717) is 6.61 Å². The number of hydrogen-bond donors (Lipinski definition) is 0. The lowest BCUT2D eigenvalue weighted by molar-refractivity contribution is -0.142. The maximum absolute atomic E-state index is 12.9. The van der Waals surface area contributed by atoms with Crippen LogP contribution in [0.2, 0.25) is 0 Å². The highest BCUT2D eigenvalue weighted by molar-refractivity contribution is 5.72. The summed E-state index contributed by atoms with van der Waals surface area (Å²) in [6, 6.07) is 3.09. The molecule has 0 aliphatic rings. The molecule has 1 aromatic rings. The third kappa shape index (κ3) is 2.82. The topological polar surface area (TPSA) is 39.2 Å². The summed E-state index contributed by atoms with van der Waals surface area (Å²) in [5, 5.41) is 0. The van der Waals surface area contributed by atoms with Crippen LogP contribution >= 0.6 is 0 Å². The SMILES string of the molecule is CCOC(=O)Cc1cccnc1F. The molecule has 70 valence electrons. The minimum atomic E-state index is -0.615. The van der Waals surface area contributed by atoms with Crippen molar-refractivity contribution in [2.75, 3.05) is 6.61 Å². The van der Waals surface area contributed by atoms with Gasteiger partial charge in [-0.1, -0.05) is 6.07 Å². The van der Waals surface area contributed by atoms with Gasteiger partial charge in [0, 0.05) is 11.8 Å². The summed E-state index contributed by atoms with van der Waals surface area (Å²) in [5.41, 5.74) is 0.265. The molecule has 0 amide bonds. The van der Waals surface area contributed by atoms with E-state index in [0.717, 1.165) is 0 Å². The maximum Gasteiger partial charge on any atom is 0.310 e. The fraction of sp³-hybridized carbons (Fsp3) is 0.333. The van der Waals surface area contributed by atoms with E-state index in [-0.39, 0.29) is 12.0 Å². The van der Waals surface area contributed by atoms with Gasteiger partial charge < -0.3 is 4.74 Å². The number of aromatic nitrogens is 1. The number of ether oxygens (including phenoxy) is 1. The molecule has 0 unspecified atom stereocenters. The number of esters is 1. The Bertz CT molecular complexity index is 301. The molecule has 0 atom stereocenters. The minimum Gasteiger partial charge on any atom is -0.466 e. The van der Waals surface area contributed by atoms with Gasteiger partial charge in [0.1, 0.15) is 0 Å². The van der Waals surface area contributed by atoms with E-state index >= 15 is 0 Å². The average molecular weight is 183 g/mol. The largest absolute Gasteiger partial charge is 0.466 e. The summed E-state index contributed by atoms with van der Waals surface area (Å²) in [6.07, 6.45) is 1.28. The molecule has 0 spiro atoms. The van der Waals surface area contributed by atoms with Crippen LogP contribution < -0.4 is 0 Å². The van der Waals surface area contributed by atoms with E-state index < -0.39 is 11.9 Å². The molecule has 0 aliphatic heterocycles. The van der Waals surface area contributed by atoms with Crippen molar-refractivity contribution in [3.8, 4) is 0 Å². The van der Waals surface area contributed by atoms with Crippen LogP contribution in [0.1, 0.15) is 12.5 Å². The quantitative estimate of drug-likeness (QED) is 0.524. The standard InChI is InChI=1S/C9H10FNO2/c1-2-13-8(12)6-7-4-3-5-11-9(7)10/h3-5H,2,6H2,1H3. The highest BCUT2D eigenvalue weighted by atomic mass is 19.1. The van der Waals surface area contributed by atoms with E-state index in [4.69, 9.17) is 0 Å². The highest BCUT2D eigenvalue weighted by Crippen LogP contribution is 2.04. The Morgan fingerprint density at radius 2 is 2.46 bits per heavy atom. The molecule has 0 saturated heterocycles. The van der Waals surface area contributed by atoms with Gasteiger partial charge in [0.15, 0.2) is 0 Å². The lowest BCUT2D eigenvalue weighted by Crippen LogP contribution is -2.09. The van der Waals surface area contributed by atoms with Crippen molar-refractivity contribution in [3.05, 3.63) is 29.8 Å². The Morgan fingerprint density at radius 3 is 3.08 bits per heavy atom. The Hall–Kier alpha value is -1.45. The molecule has 0 saturated carbocycles. The summed E-state index contributed by atoms with van der Waals surface area (Å²) in [6.45, 7) is 2.01. The summed E-state index contributed by atoms with van der Waals surface area (Å²) in [4.78, 5) is 14.4. The zero-order valence-corrected chi connectivity index (χ0v) is 7.29. The summed E-state index contributed by atoms with van der Waals surface area (Å²) in [7, 11) is 0. The van der Waals surface area contributed by atoms with Gasteiger partial charge in [-0.2, -0.15) is 4.39 Å². The van der Waals surface area contributed by atoms with Crippen LogP contribution in [-0.2, 0) is 16.0 Å². The van der Waals surface area contributed by atoms with Crippen molar-refractivity contribution in [2.45, 2.75) is 13.3 Å². The van der Waals surface area contributed by atoms with Crippen molar-refractivity contribution in [2.24, 2.45) is 0 Å². The van der Waals surface area contributed by atoms with Crippen molar-refractivity contribution in [1.29, 1.82) is 0 Å². The lowest BCUT2D eigenvalue weighted by Gasteiger charge is -2.01. The van der Waals surface area contributed by atoms with Crippen LogP contribution in [0.5, 0.6) is 0 Å². The molecule has 3 nitrogen and oxygen atoms in total. The smallest absolute Gasteiger partial charge is 0.310 e. The first-order chi connectivity index (χ1) is 6.24. The molecule has 1 aromatic heterocycles. The monoisotopic (exact) mass is 183 g/mol. The Morgan fingerprint density at radius 1 is 1.69 bits per heavy atom. The maximum atomic E-state index is 12.9. The molecule has 0 radical (unpaired) electrons. The summed E-state index contributed by atoms with van der Waals surface area (Å²) >= 11 is 0. The first kappa shape index (κ1) is 9.64. The van der Waals surface area contributed by atoms with Gasteiger partial charge in [0.25, 0.3) is 0 Å². The van der Waals surface area contributed by atoms with Gasteiger partial charge in [0.2, 0.25) is 5.95 Å². The fourth-order valence-corrected chi connectivity index (χ4v) is 0.919. The second-order valence-corrected chi connectivity index (χ2v) is 2.44. The second kappa shape index (κ2) is 4.54. The molecule has 4 heteroatoms. The Kier molecular flexibility index (Phi) is 3.37. The molecule has 13 heavy (non-hydrogen) atoms. The zero-order valence-electron chi connectivity index (χ0n) is 7.29. The predicted octanol–water partition coefficient (Wildman–Crippen LogP) is 1.33. The molecule has 0 aliphatic carbocycles. The minimum absolute atomic E-state index is 0.0620. The number of carbonyl (C=O) groups excluding carboxylic acids is 1. The van der Waals surface area contributed by atoms with E-state index in [2.05, 4.69) is 9.72 Å². The molecule has 0 aromatic carbocycles. The average Bonchev–Trinajstić information content (AvgIpc) is 2.09. The normalized spacial score (nSPS) is 9.69. The van der Waals surface area contributed by atoms with E-state index in [1.165, 1.54) is 12.3 Å². The summed E-state index contributed by atoms with van der Waals surface area (Å²) < 4.78 is 17.5. The van der Waals surface area contributed by atoms with Crippen LogP contribution in [0, 0.1) is 5.95 Å². The van der Waals surface area contributed by atoms with E-state index in [1.54, 1.807) is 13.0 Å². The number of pyridine rings is 1. The molecule has 0 N–H and O–H groups in total. The van der Waals surface area contributed by atoms with Gasteiger partial charge in [-0.05, 0) is 13.0 Å². The van der Waals surface area contributed by atoms with E-state index in [9.17, 15) is 9.18 Å². The van der Waals surface area contributed by atoms with Crippen LogP contribution in [0.15, 0.2) is 18.3 Å². The molecular weight excluding hydrogens is 173 g/mol. The van der Waals surface area contributed by atoms with Crippen LogP contribution in [-0.4, -0.2) is 17.6 Å². The van der Waals surface area contributed by atoms with Crippen molar-refractivity contribution < 1.29 is 13.9 Å². The fourth-order valence-electron chi connectivity index (χ4n) is 0.919. The Labute approximate surface area is 75.6 Å². The molecule has 0 bridgehead atoms. The number of hydrogen-bond acceptors (Lipinski definition) is 3. The van der Waals surface area contributed by atoms with Gasteiger partial charge in [-0.25, -0.2) is 4.98 Å². The number of carbonyl (C=O) groups is 1. The molecule has 1 rings (SSSR count). The number of rotatable bonds is 3. The third-order valence-electron chi connectivity index (χ3n) is 1.48. The predicted molar refractivity (Wildman–Crippen MR) is 44.5 cm³/mol. The Balaban J connectivity index is 2.63. The third-order valence-corrected chi connectivity index (χ3v) is 1.48. The van der Waals surface area contributed by atoms with Gasteiger partial charge in [0.05, 0.1) is 13.0 Å². The molecule has 1 heterocycles. The van der Waals surface area contributed by atoms with Crippen LogP contribution in [0.3, 0.4) is 0 Å². The number of nitrogens with zero attached hydrogens (tertiary/aromatic N) is 1. The van der Waals surface area contributed by atoms with Crippen LogP contribution in [0.4, 0.5) is 4.39 Å². The molecule has 0 fully saturated rings. The first-order valence-electron chi connectivity index (χ1n) is 3.99. The second-order valence-electron chi connectivity index (χ2n) is 2.44. The first-order valence-corrected chi connectivity index (χ1v) is 3.99. The van der Waals surface area contributed by atoms with Gasteiger partial charge in [-0.15, -0.1) is 0 Å². The number of halogens is 1.